The number of anilines is 2. The van der Waals surface area contributed by atoms with Crippen molar-refractivity contribution in [1.82, 2.24) is 4.98 Å². The van der Waals surface area contributed by atoms with Gasteiger partial charge in [-0.3, -0.25) is 0 Å². The first-order chi connectivity index (χ1) is 9.60. The summed E-state index contributed by atoms with van der Waals surface area (Å²) >= 11 is 6.33. The molecule has 1 aromatic heterocycles. The summed E-state index contributed by atoms with van der Waals surface area (Å²) in [4.78, 5) is 6.91. The maximum absolute atomic E-state index is 6.33. The maximum atomic E-state index is 6.33. The molecule has 1 aliphatic heterocycles. The van der Waals surface area contributed by atoms with E-state index in [-0.39, 0.29) is 0 Å². The molecule has 1 aromatic carbocycles. The lowest BCUT2D eigenvalue weighted by Crippen LogP contribution is -2.15. The average Bonchev–Trinajstić information content (AvgIpc) is 2.82. The number of rotatable bonds is 2. The molecule has 0 unspecified atom stereocenters. The molecule has 3 rings (SSSR count). The highest BCUT2D eigenvalue weighted by Crippen LogP contribution is 2.38. The molecule has 1 aliphatic rings. The molecule has 2 aromatic rings. The van der Waals surface area contributed by atoms with E-state index in [2.05, 4.69) is 22.9 Å². The van der Waals surface area contributed by atoms with Crippen LogP contribution in [0.25, 0.3) is 0 Å². The van der Waals surface area contributed by atoms with Crippen LogP contribution in [0.5, 0.6) is 5.75 Å². The fourth-order valence-corrected chi connectivity index (χ4v) is 3.06. The van der Waals surface area contributed by atoms with Crippen LogP contribution in [0.3, 0.4) is 0 Å². The molecule has 20 heavy (non-hydrogen) atoms. The Bertz CT molecular complexity index is 670. The molecule has 0 spiro atoms. The third-order valence-corrected chi connectivity index (χ3v) is 4.05. The Morgan fingerprint density at radius 1 is 1.25 bits per heavy atom. The molecule has 3 nitrogen and oxygen atoms in total. The van der Waals surface area contributed by atoms with Gasteiger partial charge in [0.15, 0.2) is 0 Å². The summed E-state index contributed by atoms with van der Waals surface area (Å²) in [5.74, 6) is 1.86. The lowest BCUT2D eigenvalue weighted by atomic mass is 10.1. The number of aryl methyl sites for hydroxylation is 2. The molecule has 0 amide bonds. The highest BCUT2D eigenvalue weighted by molar-refractivity contribution is 6.31. The number of nitrogens with zero attached hydrogens (tertiary/aromatic N) is 2. The number of pyridine rings is 1. The predicted octanol–water partition coefficient (Wildman–Crippen LogP) is 4.05. The number of ether oxygens (including phenoxy) is 1. The van der Waals surface area contributed by atoms with E-state index in [1.54, 1.807) is 7.11 Å². The van der Waals surface area contributed by atoms with Crippen molar-refractivity contribution in [2.75, 3.05) is 18.6 Å². The van der Waals surface area contributed by atoms with Crippen LogP contribution in [-0.4, -0.2) is 18.6 Å². The number of aromatic nitrogens is 1. The Hall–Kier alpha value is -1.74. The normalized spacial score (nSPS) is 13.5. The fraction of sp³-hybridized carbons (Fsp3) is 0.312. The van der Waals surface area contributed by atoms with Crippen molar-refractivity contribution in [3.63, 3.8) is 0 Å². The van der Waals surface area contributed by atoms with Crippen molar-refractivity contribution in [2.24, 2.45) is 0 Å². The number of hydrogen-bond donors (Lipinski definition) is 0. The molecular weight excluding hydrogens is 272 g/mol. The Kier molecular flexibility index (Phi) is 3.30. The van der Waals surface area contributed by atoms with E-state index in [1.165, 1.54) is 11.3 Å². The zero-order chi connectivity index (χ0) is 14.3. The Morgan fingerprint density at radius 2 is 2.05 bits per heavy atom. The van der Waals surface area contributed by atoms with E-state index < -0.39 is 0 Å². The lowest BCUT2D eigenvalue weighted by Gasteiger charge is -2.21. The maximum Gasteiger partial charge on any atom is 0.138 e. The van der Waals surface area contributed by atoms with E-state index >= 15 is 0 Å². The second-order valence-electron chi connectivity index (χ2n) is 5.10. The molecule has 104 valence electrons. The second kappa shape index (κ2) is 4.98. The Labute approximate surface area is 124 Å². The standard InChI is InChI=1S/C16H17ClN2O/c1-10-8-12(20-3)4-5-15(10)19-7-6-13-14(17)9-11(2)18-16(13)19/h4-5,8-9H,6-7H2,1-3H3. The molecule has 0 radical (unpaired) electrons. The molecule has 0 aliphatic carbocycles. The summed E-state index contributed by atoms with van der Waals surface area (Å²) in [7, 11) is 1.68. The molecule has 0 fully saturated rings. The first-order valence-electron chi connectivity index (χ1n) is 6.68. The van der Waals surface area contributed by atoms with Gasteiger partial charge in [-0.25, -0.2) is 4.98 Å². The van der Waals surface area contributed by atoms with Gasteiger partial charge in [-0.05, 0) is 50.1 Å². The van der Waals surface area contributed by atoms with Gasteiger partial charge >= 0.3 is 0 Å². The van der Waals surface area contributed by atoms with Crippen molar-refractivity contribution in [2.45, 2.75) is 20.3 Å². The molecule has 0 atom stereocenters. The van der Waals surface area contributed by atoms with E-state index in [1.807, 2.05) is 25.1 Å². The predicted molar refractivity (Wildman–Crippen MR) is 82.4 cm³/mol. The molecular formula is C16H17ClN2O. The number of hydrogen-bond acceptors (Lipinski definition) is 3. The first-order valence-corrected chi connectivity index (χ1v) is 7.06. The summed E-state index contributed by atoms with van der Waals surface area (Å²) in [5.41, 5.74) is 4.44. The van der Waals surface area contributed by atoms with Crippen LogP contribution in [0, 0.1) is 13.8 Å². The molecule has 4 heteroatoms. The third-order valence-electron chi connectivity index (χ3n) is 3.71. The highest BCUT2D eigenvalue weighted by Gasteiger charge is 2.25. The van der Waals surface area contributed by atoms with Crippen molar-refractivity contribution in [3.8, 4) is 5.75 Å². The minimum atomic E-state index is 0.821. The zero-order valence-corrected chi connectivity index (χ0v) is 12.7. The summed E-state index contributed by atoms with van der Waals surface area (Å²) in [6.07, 6.45) is 0.937. The number of fused-ring (bicyclic) bond motifs is 1. The number of halogens is 1. The highest BCUT2D eigenvalue weighted by atomic mass is 35.5. The summed E-state index contributed by atoms with van der Waals surface area (Å²) < 4.78 is 5.27. The van der Waals surface area contributed by atoms with Gasteiger partial charge in [-0.1, -0.05) is 11.6 Å². The van der Waals surface area contributed by atoms with Gasteiger partial charge in [0.1, 0.15) is 11.6 Å². The van der Waals surface area contributed by atoms with E-state index in [9.17, 15) is 0 Å². The Balaban J connectivity index is 2.07. The third kappa shape index (κ3) is 2.12. The van der Waals surface area contributed by atoms with Crippen molar-refractivity contribution in [1.29, 1.82) is 0 Å². The van der Waals surface area contributed by atoms with Crippen LogP contribution < -0.4 is 9.64 Å². The smallest absolute Gasteiger partial charge is 0.138 e. The topological polar surface area (TPSA) is 25.4 Å². The molecule has 0 saturated heterocycles. The van der Waals surface area contributed by atoms with Crippen molar-refractivity contribution in [3.05, 3.63) is 46.1 Å². The van der Waals surface area contributed by atoms with Crippen LogP contribution in [-0.2, 0) is 6.42 Å². The largest absolute Gasteiger partial charge is 0.497 e. The molecule has 0 saturated carbocycles. The van der Waals surface area contributed by atoms with Gasteiger partial charge in [0, 0.05) is 28.5 Å². The number of methoxy groups -OCH3 is 1. The Morgan fingerprint density at radius 3 is 2.75 bits per heavy atom. The van der Waals surface area contributed by atoms with Crippen LogP contribution in [0.1, 0.15) is 16.8 Å². The molecule has 0 bridgehead atoms. The van der Waals surface area contributed by atoms with E-state index in [0.29, 0.717) is 0 Å². The van der Waals surface area contributed by atoms with Crippen LogP contribution in [0.2, 0.25) is 5.02 Å². The van der Waals surface area contributed by atoms with Crippen LogP contribution in [0.4, 0.5) is 11.5 Å². The van der Waals surface area contributed by atoms with Gasteiger partial charge in [0.05, 0.1) is 7.11 Å². The summed E-state index contributed by atoms with van der Waals surface area (Å²) in [5, 5.41) is 0.821. The minimum Gasteiger partial charge on any atom is -0.497 e. The lowest BCUT2D eigenvalue weighted by molar-refractivity contribution is 0.414. The quantitative estimate of drug-likeness (QED) is 0.833. The van der Waals surface area contributed by atoms with Gasteiger partial charge in [-0.2, -0.15) is 0 Å². The van der Waals surface area contributed by atoms with Crippen molar-refractivity contribution >= 4 is 23.1 Å². The average molecular weight is 289 g/mol. The van der Waals surface area contributed by atoms with E-state index in [0.717, 1.165) is 40.8 Å². The molecule has 0 N–H and O–H groups in total. The van der Waals surface area contributed by atoms with Gasteiger partial charge in [0.2, 0.25) is 0 Å². The van der Waals surface area contributed by atoms with E-state index in [4.69, 9.17) is 16.3 Å². The SMILES string of the molecule is COc1ccc(N2CCc3c(Cl)cc(C)nc32)c(C)c1. The van der Waals surface area contributed by atoms with Gasteiger partial charge in [0.25, 0.3) is 0 Å². The number of benzene rings is 1. The second-order valence-corrected chi connectivity index (χ2v) is 5.51. The van der Waals surface area contributed by atoms with Crippen LogP contribution in [0.15, 0.2) is 24.3 Å². The van der Waals surface area contributed by atoms with Crippen LogP contribution >= 0.6 is 11.6 Å². The van der Waals surface area contributed by atoms with Gasteiger partial charge < -0.3 is 9.64 Å². The first kappa shape index (κ1) is 13.3. The molecule has 2 heterocycles. The van der Waals surface area contributed by atoms with Crippen molar-refractivity contribution < 1.29 is 4.74 Å². The monoisotopic (exact) mass is 288 g/mol. The fourth-order valence-electron chi connectivity index (χ4n) is 2.72. The zero-order valence-electron chi connectivity index (χ0n) is 11.9. The minimum absolute atomic E-state index is 0.821. The summed E-state index contributed by atoms with van der Waals surface area (Å²) in [6, 6.07) is 8.05. The summed E-state index contributed by atoms with van der Waals surface area (Å²) in [6.45, 7) is 4.98. The van der Waals surface area contributed by atoms with Gasteiger partial charge in [-0.15, -0.1) is 0 Å².